The van der Waals surface area contributed by atoms with E-state index in [1.165, 1.54) is 0 Å². The van der Waals surface area contributed by atoms with Gasteiger partial charge < -0.3 is 10.1 Å². The lowest BCUT2D eigenvalue weighted by atomic mass is 10.1. The molecule has 1 aromatic heterocycles. The van der Waals surface area contributed by atoms with E-state index in [0.29, 0.717) is 42.7 Å². The van der Waals surface area contributed by atoms with Gasteiger partial charge in [-0.1, -0.05) is 17.7 Å². The van der Waals surface area contributed by atoms with Gasteiger partial charge in [0.05, 0.1) is 6.54 Å². The van der Waals surface area contributed by atoms with Crippen molar-refractivity contribution in [2.45, 2.75) is 44.5 Å². The molecule has 0 spiro atoms. The van der Waals surface area contributed by atoms with Crippen molar-refractivity contribution >= 4 is 17.7 Å². The number of hydrogen-bond donors (Lipinski definition) is 1. The molecule has 0 aliphatic rings. The fraction of sp³-hybridized carbons (Fsp3) is 0.421. The van der Waals surface area contributed by atoms with Crippen molar-refractivity contribution in [1.82, 2.24) is 15.3 Å². The fourth-order valence-corrected chi connectivity index (χ4v) is 3.06. The van der Waals surface area contributed by atoms with E-state index >= 15 is 0 Å². The maximum atomic E-state index is 12.4. The molecule has 0 bridgehead atoms. The monoisotopic (exact) mass is 395 g/mol. The van der Waals surface area contributed by atoms with Gasteiger partial charge in [-0.15, -0.1) is 0 Å². The Balaban J connectivity index is 1.75. The summed E-state index contributed by atoms with van der Waals surface area (Å²) in [6, 6.07) is 7.70. The van der Waals surface area contributed by atoms with Gasteiger partial charge in [0, 0.05) is 17.8 Å². The number of nitrogens with zero attached hydrogens (tertiary/aromatic N) is 2. The van der Waals surface area contributed by atoms with E-state index in [0.717, 1.165) is 16.9 Å². The summed E-state index contributed by atoms with van der Waals surface area (Å²) in [6.45, 7) is 6.28. The molecule has 146 valence electrons. The van der Waals surface area contributed by atoms with Gasteiger partial charge >= 0.3 is 0 Å². The molecule has 2 aromatic rings. The third-order valence-corrected chi connectivity index (χ3v) is 4.48. The number of benzene rings is 1. The van der Waals surface area contributed by atoms with Crippen molar-refractivity contribution in [3.63, 3.8) is 0 Å². The third kappa shape index (κ3) is 7.13. The largest absolute Gasteiger partial charge is 0.492 e. The predicted molar refractivity (Wildman–Crippen MR) is 101 cm³/mol. The maximum Gasteiger partial charge on any atom is 0.291 e. The first-order valence-electron chi connectivity index (χ1n) is 8.60. The number of carbonyl (C=O) groups is 1. The van der Waals surface area contributed by atoms with Gasteiger partial charge in [0.1, 0.15) is 12.4 Å². The molecule has 0 saturated heterocycles. The third-order valence-electron chi connectivity index (χ3n) is 3.91. The van der Waals surface area contributed by atoms with E-state index in [2.05, 4.69) is 15.3 Å². The average molecular weight is 395 g/mol. The summed E-state index contributed by atoms with van der Waals surface area (Å²) in [7, 11) is 0. The Morgan fingerprint density at radius 1 is 1.15 bits per heavy atom. The van der Waals surface area contributed by atoms with Crippen LogP contribution in [0.3, 0.4) is 0 Å². The summed E-state index contributed by atoms with van der Waals surface area (Å²) in [4.78, 5) is 20.2. The van der Waals surface area contributed by atoms with Crippen molar-refractivity contribution in [2.24, 2.45) is 0 Å². The molecular weight excluding hydrogens is 372 g/mol. The number of rotatable bonds is 9. The van der Waals surface area contributed by atoms with Gasteiger partial charge in [-0.3, -0.25) is 4.79 Å². The molecule has 0 atom stereocenters. The maximum absolute atomic E-state index is 12.4. The molecule has 0 saturated carbocycles. The van der Waals surface area contributed by atoms with Crippen LogP contribution in [0, 0.1) is 20.8 Å². The Morgan fingerprint density at radius 3 is 2.37 bits per heavy atom. The van der Waals surface area contributed by atoms with Gasteiger partial charge in [-0.05, 0) is 56.7 Å². The van der Waals surface area contributed by atoms with Gasteiger partial charge in [0.2, 0.25) is 5.91 Å². The van der Waals surface area contributed by atoms with Gasteiger partial charge in [-0.2, -0.15) is 8.78 Å². The Hall–Kier alpha value is -2.22. The topological polar surface area (TPSA) is 64.1 Å². The molecule has 1 heterocycles. The number of halogens is 2. The van der Waals surface area contributed by atoms with Gasteiger partial charge in [-0.25, -0.2) is 9.97 Å². The first-order valence-corrected chi connectivity index (χ1v) is 9.48. The summed E-state index contributed by atoms with van der Waals surface area (Å²) >= 11 is 0.324. The Bertz CT molecular complexity index is 747. The van der Waals surface area contributed by atoms with Crippen molar-refractivity contribution in [2.75, 3.05) is 13.2 Å². The zero-order valence-electron chi connectivity index (χ0n) is 15.6. The summed E-state index contributed by atoms with van der Waals surface area (Å²) in [6.07, 6.45) is 0.735. The first-order chi connectivity index (χ1) is 12.8. The zero-order valence-corrected chi connectivity index (χ0v) is 16.4. The summed E-state index contributed by atoms with van der Waals surface area (Å²) in [5.41, 5.74) is 3.23. The molecule has 8 heteroatoms. The number of amides is 1. The Kier molecular flexibility index (Phi) is 7.97. The minimum Gasteiger partial charge on any atom is -0.492 e. The van der Waals surface area contributed by atoms with E-state index in [9.17, 15) is 13.6 Å². The SMILES string of the molecule is Cc1ccc(OCCNC(=O)CCc2c(C)nc(SC(F)F)nc2C)cc1. The van der Waals surface area contributed by atoms with Crippen LogP contribution in [-0.4, -0.2) is 34.8 Å². The van der Waals surface area contributed by atoms with Crippen LogP contribution in [0.25, 0.3) is 0 Å². The van der Waals surface area contributed by atoms with Crippen LogP contribution in [0.5, 0.6) is 5.75 Å². The number of aryl methyl sites for hydroxylation is 3. The molecule has 0 aliphatic heterocycles. The molecule has 0 radical (unpaired) electrons. The summed E-state index contributed by atoms with van der Waals surface area (Å²) in [5.74, 6) is -1.89. The highest BCUT2D eigenvalue weighted by atomic mass is 32.2. The molecule has 2 rings (SSSR count). The lowest BCUT2D eigenvalue weighted by Crippen LogP contribution is -2.28. The van der Waals surface area contributed by atoms with E-state index in [-0.39, 0.29) is 17.5 Å². The van der Waals surface area contributed by atoms with Crippen molar-refractivity contribution in [1.29, 1.82) is 0 Å². The second-order valence-electron chi connectivity index (χ2n) is 6.05. The Labute approximate surface area is 161 Å². The number of carbonyl (C=O) groups excluding carboxylic acids is 1. The number of alkyl halides is 2. The molecule has 1 N–H and O–H groups in total. The molecule has 0 aliphatic carbocycles. The predicted octanol–water partition coefficient (Wildman–Crippen LogP) is 3.84. The zero-order chi connectivity index (χ0) is 19.8. The highest BCUT2D eigenvalue weighted by molar-refractivity contribution is 7.99. The van der Waals surface area contributed by atoms with Crippen LogP contribution in [0.15, 0.2) is 29.4 Å². The van der Waals surface area contributed by atoms with E-state index in [1.54, 1.807) is 13.8 Å². The second-order valence-corrected chi connectivity index (χ2v) is 7.00. The fourth-order valence-electron chi connectivity index (χ4n) is 2.52. The molecule has 1 amide bonds. The Morgan fingerprint density at radius 2 is 1.78 bits per heavy atom. The average Bonchev–Trinajstić information content (AvgIpc) is 2.59. The number of aromatic nitrogens is 2. The van der Waals surface area contributed by atoms with E-state index < -0.39 is 5.76 Å². The molecule has 0 fully saturated rings. The number of nitrogens with one attached hydrogen (secondary N) is 1. The highest BCUT2D eigenvalue weighted by Crippen LogP contribution is 2.24. The van der Waals surface area contributed by atoms with Crippen LogP contribution in [0.1, 0.15) is 28.9 Å². The van der Waals surface area contributed by atoms with Crippen LogP contribution < -0.4 is 10.1 Å². The normalized spacial score (nSPS) is 10.9. The minimum atomic E-state index is -2.55. The standard InChI is InChI=1S/C19H23F2N3O2S/c1-12-4-6-15(7-5-12)26-11-10-22-17(25)9-8-16-13(2)23-19(24-14(16)3)27-18(20)21/h4-7,18H,8-11H2,1-3H3,(H,22,25). The highest BCUT2D eigenvalue weighted by Gasteiger charge is 2.14. The number of ether oxygens (including phenoxy) is 1. The van der Waals surface area contributed by atoms with Crippen LogP contribution in [-0.2, 0) is 11.2 Å². The van der Waals surface area contributed by atoms with E-state index in [4.69, 9.17) is 4.74 Å². The summed E-state index contributed by atoms with van der Waals surface area (Å²) in [5, 5.41) is 2.86. The van der Waals surface area contributed by atoms with Gasteiger partial charge in [0.15, 0.2) is 5.16 Å². The first kappa shape index (κ1) is 21.1. The van der Waals surface area contributed by atoms with Crippen molar-refractivity contribution < 1.29 is 18.3 Å². The van der Waals surface area contributed by atoms with Gasteiger partial charge in [0.25, 0.3) is 5.76 Å². The molecule has 1 aromatic carbocycles. The van der Waals surface area contributed by atoms with Crippen LogP contribution >= 0.6 is 11.8 Å². The minimum absolute atomic E-state index is 0.0569. The number of hydrogen-bond acceptors (Lipinski definition) is 5. The lowest BCUT2D eigenvalue weighted by Gasteiger charge is -2.11. The molecule has 27 heavy (non-hydrogen) atoms. The quantitative estimate of drug-likeness (QED) is 0.397. The molecule has 0 unspecified atom stereocenters. The molecule has 5 nitrogen and oxygen atoms in total. The summed E-state index contributed by atoms with van der Waals surface area (Å²) < 4.78 is 30.4. The second kappa shape index (κ2) is 10.2. The number of thioether (sulfide) groups is 1. The van der Waals surface area contributed by atoms with Crippen LogP contribution in [0.4, 0.5) is 8.78 Å². The van der Waals surface area contributed by atoms with Crippen molar-refractivity contribution in [3.05, 3.63) is 46.8 Å². The van der Waals surface area contributed by atoms with E-state index in [1.807, 2.05) is 31.2 Å². The van der Waals surface area contributed by atoms with Crippen LogP contribution in [0.2, 0.25) is 0 Å². The lowest BCUT2D eigenvalue weighted by molar-refractivity contribution is -0.121. The molecular formula is C19H23F2N3O2S. The van der Waals surface area contributed by atoms with Crippen molar-refractivity contribution in [3.8, 4) is 5.75 Å². The smallest absolute Gasteiger partial charge is 0.291 e.